The molecule has 0 heterocycles. The predicted octanol–water partition coefficient (Wildman–Crippen LogP) is 4.75. The third kappa shape index (κ3) is 11.2. The number of hydrogen-bond acceptors (Lipinski definition) is 7. The monoisotopic (exact) mass is 549 g/mol. The molecule has 0 aliphatic heterocycles. The van der Waals surface area contributed by atoms with Gasteiger partial charge < -0.3 is 14.2 Å². The lowest BCUT2D eigenvalue weighted by Gasteiger charge is -2.18. The predicted molar refractivity (Wildman–Crippen MR) is 148 cm³/mol. The van der Waals surface area contributed by atoms with Crippen LogP contribution in [0.4, 0.5) is 0 Å². The molecule has 0 spiro atoms. The summed E-state index contributed by atoms with van der Waals surface area (Å²) in [6.45, 7) is 7.22. The summed E-state index contributed by atoms with van der Waals surface area (Å²) >= 11 is 1.58. The van der Waals surface area contributed by atoms with Gasteiger partial charge in [-0.05, 0) is 35.9 Å². The Hall–Kier alpha value is -2.29. The topological polar surface area (TPSA) is 90.9 Å². The largest absolute Gasteiger partial charge is 0.467 e. The standard InChI is InChI=1S/C26H35NO6S2Si/c1-31-20-33-24-15-14-21(11-9-10-16-27-35(2,29)30)23(19-34-22-12-7-6-8-13-22)25(24)26(28)32-17-18-36(3,4)5/h6-8,12-15,27H,10,16-20H2,1-5H3. The zero-order valence-corrected chi connectivity index (χ0v) is 24.2. The van der Waals surface area contributed by atoms with E-state index in [2.05, 4.69) is 36.2 Å². The van der Waals surface area contributed by atoms with Crippen LogP contribution in [0.15, 0.2) is 47.4 Å². The van der Waals surface area contributed by atoms with Crippen molar-refractivity contribution in [3.8, 4) is 17.6 Å². The molecular weight excluding hydrogens is 515 g/mol. The molecule has 2 rings (SSSR count). The number of sulfonamides is 1. The molecule has 1 N–H and O–H groups in total. The quantitative estimate of drug-likeness (QED) is 0.0963. The SMILES string of the molecule is COCOc1ccc(C#CCCNS(C)(=O)=O)c(CSc2ccccc2)c1C(=O)OCC[Si](C)(C)C. The van der Waals surface area contributed by atoms with Crippen LogP contribution in [0.25, 0.3) is 0 Å². The van der Waals surface area contributed by atoms with Crippen LogP contribution < -0.4 is 9.46 Å². The maximum atomic E-state index is 13.3. The second-order valence-corrected chi connectivity index (χ2v) is 17.8. The highest BCUT2D eigenvalue weighted by Crippen LogP contribution is 2.32. The third-order valence-electron chi connectivity index (χ3n) is 4.86. The molecule has 0 saturated carbocycles. The molecule has 0 radical (unpaired) electrons. The van der Waals surface area contributed by atoms with Gasteiger partial charge in [-0.3, -0.25) is 0 Å². The summed E-state index contributed by atoms with van der Waals surface area (Å²) in [5.41, 5.74) is 1.71. The number of carbonyl (C=O) groups is 1. The number of benzene rings is 2. The highest BCUT2D eigenvalue weighted by molar-refractivity contribution is 7.98. The van der Waals surface area contributed by atoms with Crippen molar-refractivity contribution in [2.75, 3.05) is 33.3 Å². The van der Waals surface area contributed by atoms with Crippen molar-refractivity contribution < 1.29 is 27.4 Å². The Kier molecular flexibility index (Phi) is 12.0. The van der Waals surface area contributed by atoms with E-state index >= 15 is 0 Å². The maximum absolute atomic E-state index is 13.3. The molecule has 2 aromatic rings. The van der Waals surface area contributed by atoms with Gasteiger partial charge in [-0.1, -0.05) is 49.7 Å². The average molecular weight is 550 g/mol. The van der Waals surface area contributed by atoms with Crippen molar-refractivity contribution >= 4 is 35.8 Å². The molecule has 0 aromatic heterocycles. The van der Waals surface area contributed by atoms with Gasteiger partial charge in [-0.2, -0.15) is 0 Å². The molecule has 36 heavy (non-hydrogen) atoms. The third-order valence-corrected chi connectivity index (χ3v) is 8.33. The highest BCUT2D eigenvalue weighted by atomic mass is 32.2. The van der Waals surface area contributed by atoms with E-state index in [0.29, 0.717) is 41.2 Å². The van der Waals surface area contributed by atoms with Crippen molar-refractivity contribution in [3.63, 3.8) is 0 Å². The molecule has 0 bridgehead atoms. The maximum Gasteiger partial charge on any atom is 0.342 e. The number of thioether (sulfide) groups is 1. The Morgan fingerprint density at radius 2 is 1.83 bits per heavy atom. The fourth-order valence-electron chi connectivity index (χ4n) is 3.01. The molecular formula is C26H35NO6S2Si. The minimum atomic E-state index is -3.28. The minimum Gasteiger partial charge on any atom is -0.467 e. The second kappa shape index (κ2) is 14.4. The molecule has 0 atom stereocenters. The van der Waals surface area contributed by atoms with Crippen LogP contribution in [0.5, 0.6) is 5.75 Å². The van der Waals surface area contributed by atoms with Crippen LogP contribution in [-0.4, -0.2) is 55.8 Å². The van der Waals surface area contributed by atoms with Gasteiger partial charge in [0.05, 0.1) is 12.9 Å². The fraction of sp³-hybridized carbons (Fsp3) is 0.423. The van der Waals surface area contributed by atoms with Crippen molar-refractivity contribution in [1.82, 2.24) is 4.72 Å². The number of ether oxygens (including phenoxy) is 3. The van der Waals surface area contributed by atoms with E-state index in [-0.39, 0.29) is 13.3 Å². The summed E-state index contributed by atoms with van der Waals surface area (Å²) in [5.74, 6) is 6.51. The second-order valence-electron chi connectivity index (χ2n) is 9.28. The molecule has 0 amide bonds. The van der Waals surface area contributed by atoms with E-state index < -0.39 is 24.1 Å². The molecule has 0 unspecified atom stereocenters. The van der Waals surface area contributed by atoms with Gasteiger partial charge in [-0.15, -0.1) is 11.8 Å². The normalized spacial score (nSPS) is 11.5. The summed E-state index contributed by atoms with van der Waals surface area (Å²) in [6, 6.07) is 14.2. The van der Waals surface area contributed by atoms with E-state index in [9.17, 15) is 13.2 Å². The Bertz CT molecular complexity index is 1170. The van der Waals surface area contributed by atoms with Gasteiger partial charge in [0.25, 0.3) is 0 Å². The lowest BCUT2D eigenvalue weighted by molar-refractivity contribution is 0.0436. The summed E-state index contributed by atoms with van der Waals surface area (Å²) in [5, 5.41) is 0. The van der Waals surface area contributed by atoms with Crippen molar-refractivity contribution in [2.45, 2.75) is 42.8 Å². The smallest absolute Gasteiger partial charge is 0.342 e. The van der Waals surface area contributed by atoms with E-state index in [1.807, 2.05) is 36.4 Å². The first kappa shape index (κ1) is 29.9. The summed E-state index contributed by atoms with van der Waals surface area (Å²) in [7, 11) is -3.15. The zero-order valence-electron chi connectivity index (χ0n) is 21.6. The van der Waals surface area contributed by atoms with Crippen LogP contribution in [-0.2, 0) is 25.2 Å². The molecule has 196 valence electrons. The van der Waals surface area contributed by atoms with E-state index in [0.717, 1.165) is 17.2 Å². The van der Waals surface area contributed by atoms with Gasteiger partial charge >= 0.3 is 5.97 Å². The number of rotatable bonds is 13. The van der Waals surface area contributed by atoms with Gasteiger partial charge in [-0.25, -0.2) is 17.9 Å². The van der Waals surface area contributed by atoms with E-state index in [1.165, 1.54) is 7.11 Å². The van der Waals surface area contributed by atoms with Crippen LogP contribution in [0.2, 0.25) is 25.7 Å². The van der Waals surface area contributed by atoms with Crippen LogP contribution >= 0.6 is 11.8 Å². The first-order valence-corrected chi connectivity index (χ1v) is 18.1. The molecule has 0 aliphatic carbocycles. The average Bonchev–Trinajstić information content (AvgIpc) is 2.80. The van der Waals surface area contributed by atoms with Gasteiger partial charge in [0, 0.05) is 44.4 Å². The summed E-state index contributed by atoms with van der Waals surface area (Å²) in [6.07, 6.45) is 1.44. The number of nitrogens with one attached hydrogen (secondary N) is 1. The molecule has 2 aromatic carbocycles. The van der Waals surface area contributed by atoms with Gasteiger partial charge in [0.15, 0.2) is 6.79 Å². The van der Waals surface area contributed by atoms with Crippen molar-refractivity contribution in [1.29, 1.82) is 0 Å². The summed E-state index contributed by atoms with van der Waals surface area (Å²) in [4.78, 5) is 14.4. The Balaban J connectivity index is 2.42. The molecule has 10 heteroatoms. The highest BCUT2D eigenvalue weighted by Gasteiger charge is 2.23. The van der Waals surface area contributed by atoms with Crippen molar-refractivity contribution in [2.24, 2.45) is 0 Å². The fourth-order valence-corrected chi connectivity index (χ4v) is 5.16. The first-order valence-electron chi connectivity index (χ1n) is 11.6. The molecule has 0 fully saturated rings. The zero-order chi connectivity index (χ0) is 26.6. The lowest BCUT2D eigenvalue weighted by atomic mass is 10.0. The first-order chi connectivity index (χ1) is 17.0. The van der Waals surface area contributed by atoms with Crippen molar-refractivity contribution in [3.05, 3.63) is 59.2 Å². The molecule has 0 saturated heterocycles. The molecule has 7 nitrogen and oxygen atoms in total. The Morgan fingerprint density at radius 1 is 1.11 bits per heavy atom. The van der Waals surface area contributed by atoms with E-state index in [4.69, 9.17) is 14.2 Å². The molecule has 0 aliphatic rings. The lowest BCUT2D eigenvalue weighted by Crippen LogP contribution is -2.23. The van der Waals surface area contributed by atoms with E-state index in [1.54, 1.807) is 17.8 Å². The Morgan fingerprint density at radius 3 is 2.47 bits per heavy atom. The number of hydrogen-bond donors (Lipinski definition) is 1. The number of esters is 1. The van der Waals surface area contributed by atoms with Gasteiger partial charge in [0.2, 0.25) is 10.0 Å². The summed E-state index contributed by atoms with van der Waals surface area (Å²) < 4.78 is 41.5. The minimum absolute atomic E-state index is 0.0113. The number of carbonyl (C=O) groups excluding carboxylic acids is 1. The van der Waals surface area contributed by atoms with Crippen LogP contribution in [0.3, 0.4) is 0 Å². The number of methoxy groups -OCH3 is 1. The van der Waals surface area contributed by atoms with Gasteiger partial charge in [0.1, 0.15) is 11.3 Å². The van der Waals surface area contributed by atoms with Crippen LogP contribution in [0.1, 0.15) is 27.9 Å². The Labute approximate surface area is 220 Å². The van der Waals surface area contributed by atoms with Crippen LogP contribution in [0, 0.1) is 11.8 Å².